The lowest BCUT2D eigenvalue weighted by molar-refractivity contribution is -0.0323. The van der Waals surface area contributed by atoms with Gasteiger partial charge in [-0.15, -0.1) is 0 Å². The summed E-state index contributed by atoms with van der Waals surface area (Å²) in [4.78, 5) is 0. The summed E-state index contributed by atoms with van der Waals surface area (Å²) in [6.07, 6.45) is 0. The fraction of sp³-hybridized carbons (Fsp3) is 0.250. The van der Waals surface area contributed by atoms with Crippen LogP contribution in [-0.4, -0.2) is 5.51 Å². The molecular weight excluding hydrogens is 199 g/mol. The SMILES string of the molecule is Cc1ccc(NSC(F)(F)F)cc1. The third-order valence-electron chi connectivity index (χ3n) is 1.34. The summed E-state index contributed by atoms with van der Waals surface area (Å²) in [6.45, 7) is 1.88. The van der Waals surface area contributed by atoms with E-state index in [1.807, 2.05) is 6.92 Å². The number of hydrogen-bond acceptors (Lipinski definition) is 2. The van der Waals surface area contributed by atoms with Gasteiger partial charge in [0.15, 0.2) is 0 Å². The monoisotopic (exact) mass is 207 g/mol. The van der Waals surface area contributed by atoms with Crippen molar-refractivity contribution in [3.63, 3.8) is 0 Å². The first-order chi connectivity index (χ1) is 5.97. The van der Waals surface area contributed by atoms with Crippen molar-refractivity contribution in [3.05, 3.63) is 29.8 Å². The zero-order valence-corrected chi connectivity index (χ0v) is 7.67. The van der Waals surface area contributed by atoms with Gasteiger partial charge in [0.1, 0.15) is 0 Å². The summed E-state index contributed by atoms with van der Waals surface area (Å²) >= 11 is -0.257. The Morgan fingerprint density at radius 2 is 1.69 bits per heavy atom. The minimum atomic E-state index is -4.25. The molecule has 0 spiro atoms. The first-order valence-electron chi connectivity index (χ1n) is 3.55. The molecule has 0 amide bonds. The molecule has 0 heterocycles. The Morgan fingerprint density at radius 1 is 1.15 bits per heavy atom. The van der Waals surface area contributed by atoms with Crippen molar-refractivity contribution in [2.24, 2.45) is 0 Å². The Hall–Kier alpha value is -0.840. The standard InChI is InChI=1S/C8H8F3NS/c1-6-2-4-7(5-3-6)12-13-8(9,10)11/h2-5,12H,1H3. The zero-order chi connectivity index (χ0) is 9.90. The van der Waals surface area contributed by atoms with Crippen LogP contribution in [0, 0.1) is 6.92 Å². The molecule has 0 bridgehead atoms. The van der Waals surface area contributed by atoms with Crippen LogP contribution >= 0.6 is 11.9 Å². The topological polar surface area (TPSA) is 12.0 Å². The lowest BCUT2D eigenvalue weighted by Crippen LogP contribution is -2.04. The second-order valence-electron chi connectivity index (χ2n) is 2.52. The first kappa shape index (κ1) is 10.2. The van der Waals surface area contributed by atoms with E-state index in [0.29, 0.717) is 5.69 Å². The van der Waals surface area contributed by atoms with Crippen LogP contribution in [0.1, 0.15) is 5.56 Å². The van der Waals surface area contributed by atoms with Crippen LogP contribution in [-0.2, 0) is 0 Å². The number of alkyl halides is 3. The maximum Gasteiger partial charge on any atom is 0.461 e. The number of aryl methyl sites for hydroxylation is 1. The molecule has 13 heavy (non-hydrogen) atoms. The third-order valence-corrected chi connectivity index (χ3v) is 1.91. The molecule has 0 radical (unpaired) electrons. The Kier molecular flexibility index (Phi) is 3.08. The van der Waals surface area contributed by atoms with Crippen LogP contribution in [0.4, 0.5) is 18.9 Å². The van der Waals surface area contributed by atoms with E-state index in [0.717, 1.165) is 5.56 Å². The van der Waals surface area contributed by atoms with Crippen molar-refractivity contribution in [2.45, 2.75) is 12.4 Å². The quantitative estimate of drug-likeness (QED) is 0.744. The van der Waals surface area contributed by atoms with Crippen molar-refractivity contribution in [1.82, 2.24) is 0 Å². The second kappa shape index (κ2) is 3.91. The molecule has 0 aliphatic rings. The molecule has 72 valence electrons. The highest BCUT2D eigenvalue weighted by molar-refractivity contribution is 8.01. The lowest BCUT2D eigenvalue weighted by Gasteiger charge is -2.07. The molecule has 1 rings (SSSR count). The van der Waals surface area contributed by atoms with Crippen LogP contribution in [0.15, 0.2) is 24.3 Å². The van der Waals surface area contributed by atoms with Crippen molar-refractivity contribution >= 4 is 17.6 Å². The molecule has 0 saturated heterocycles. The maximum absolute atomic E-state index is 11.7. The van der Waals surface area contributed by atoms with Crippen molar-refractivity contribution in [3.8, 4) is 0 Å². The molecule has 5 heteroatoms. The van der Waals surface area contributed by atoms with Gasteiger partial charge < -0.3 is 4.72 Å². The Morgan fingerprint density at radius 3 is 2.15 bits per heavy atom. The molecule has 1 N–H and O–H groups in total. The van der Waals surface area contributed by atoms with Crippen LogP contribution in [0.5, 0.6) is 0 Å². The normalized spacial score (nSPS) is 11.4. The number of anilines is 1. The highest BCUT2D eigenvalue weighted by Crippen LogP contribution is 2.30. The predicted molar refractivity (Wildman–Crippen MR) is 48.4 cm³/mol. The third kappa shape index (κ3) is 4.07. The molecular formula is C8H8F3NS. The second-order valence-corrected chi connectivity index (χ2v) is 3.39. The highest BCUT2D eigenvalue weighted by Gasteiger charge is 2.28. The van der Waals surface area contributed by atoms with Crippen LogP contribution in [0.2, 0.25) is 0 Å². The molecule has 0 saturated carbocycles. The van der Waals surface area contributed by atoms with E-state index in [-0.39, 0.29) is 11.9 Å². The van der Waals surface area contributed by atoms with Crippen LogP contribution < -0.4 is 4.72 Å². The van der Waals surface area contributed by atoms with Gasteiger partial charge in [-0.05, 0) is 19.1 Å². The summed E-state index contributed by atoms with van der Waals surface area (Å²) in [5, 5.41) is 0. The van der Waals surface area contributed by atoms with Gasteiger partial charge in [0.25, 0.3) is 0 Å². The zero-order valence-electron chi connectivity index (χ0n) is 6.85. The van der Waals surface area contributed by atoms with Crippen LogP contribution in [0.25, 0.3) is 0 Å². The average molecular weight is 207 g/mol. The number of rotatable bonds is 2. The molecule has 0 atom stereocenters. The predicted octanol–water partition coefficient (Wildman–Crippen LogP) is 3.57. The molecule has 0 aliphatic carbocycles. The Bertz CT molecular complexity index is 268. The summed E-state index contributed by atoms with van der Waals surface area (Å²) in [6, 6.07) is 6.71. The molecule has 1 aromatic rings. The summed E-state index contributed by atoms with van der Waals surface area (Å²) in [5.74, 6) is 0. The molecule has 0 aliphatic heterocycles. The Labute approximate surface area is 78.5 Å². The molecule has 0 unspecified atom stereocenters. The van der Waals surface area contributed by atoms with Gasteiger partial charge in [-0.2, -0.15) is 13.2 Å². The molecule has 1 nitrogen and oxygen atoms in total. The van der Waals surface area contributed by atoms with Gasteiger partial charge in [-0.1, -0.05) is 17.7 Å². The van der Waals surface area contributed by atoms with Gasteiger partial charge >= 0.3 is 5.51 Å². The molecule has 0 fully saturated rings. The molecule has 0 aromatic heterocycles. The van der Waals surface area contributed by atoms with Gasteiger partial charge in [-0.25, -0.2) is 0 Å². The summed E-state index contributed by atoms with van der Waals surface area (Å²) in [7, 11) is 0. The highest BCUT2D eigenvalue weighted by atomic mass is 32.2. The fourth-order valence-electron chi connectivity index (χ4n) is 0.738. The smallest absolute Gasteiger partial charge is 0.323 e. The first-order valence-corrected chi connectivity index (χ1v) is 4.36. The van der Waals surface area contributed by atoms with Gasteiger partial charge in [0.05, 0.1) is 11.9 Å². The van der Waals surface area contributed by atoms with E-state index in [2.05, 4.69) is 4.72 Å². The van der Waals surface area contributed by atoms with Gasteiger partial charge in [0, 0.05) is 5.69 Å². The minimum absolute atomic E-state index is 0.257. The van der Waals surface area contributed by atoms with E-state index in [9.17, 15) is 13.2 Å². The number of benzene rings is 1. The largest absolute Gasteiger partial charge is 0.461 e. The van der Waals surface area contributed by atoms with E-state index >= 15 is 0 Å². The van der Waals surface area contributed by atoms with Gasteiger partial charge in [0.2, 0.25) is 0 Å². The lowest BCUT2D eigenvalue weighted by atomic mass is 10.2. The van der Waals surface area contributed by atoms with E-state index in [1.165, 1.54) is 0 Å². The molecule has 1 aromatic carbocycles. The fourth-order valence-corrected chi connectivity index (χ4v) is 1.11. The van der Waals surface area contributed by atoms with E-state index in [1.54, 1.807) is 24.3 Å². The minimum Gasteiger partial charge on any atom is -0.323 e. The van der Waals surface area contributed by atoms with Crippen molar-refractivity contribution < 1.29 is 13.2 Å². The summed E-state index contributed by atoms with van der Waals surface area (Å²) in [5.41, 5.74) is -2.78. The average Bonchev–Trinajstić information content (AvgIpc) is 2.02. The summed E-state index contributed by atoms with van der Waals surface area (Å²) < 4.78 is 37.4. The Balaban J connectivity index is 2.51. The number of nitrogens with one attached hydrogen (secondary N) is 1. The number of halogens is 3. The van der Waals surface area contributed by atoms with Crippen molar-refractivity contribution in [1.29, 1.82) is 0 Å². The number of hydrogen-bond donors (Lipinski definition) is 1. The maximum atomic E-state index is 11.7. The van der Waals surface area contributed by atoms with E-state index in [4.69, 9.17) is 0 Å². The van der Waals surface area contributed by atoms with Crippen LogP contribution in [0.3, 0.4) is 0 Å². The van der Waals surface area contributed by atoms with Crippen molar-refractivity contribution in [2.75, 3.05) is 4.72 Å². The van der Waals surface area contributed by atoms with Gasteiger partial charge in [-0.3, -0.25) is 0 Å². The van der Waals surface area contributed by atoms with E-state index < -0.39 is 5.51 Å².